The van der Waals surface area contributed by atoms with E-state index in [1.807, 2.05) is 42.5 Å². The van der Waals surface area contributed by atoms with Crippen LogP contribution in [-0.4, -0.2) is 64.1 Å². The number of hydrogen-bond donors (Lipinski definition) is 0. The summed E-state index contributed by atoms with van der Waals surface area (Å²) in [4.78, 5) is 31.1. The number of fused-ring (bicyclic) bond motifs is 1. The van der Waals surface area contributed by atoms with Crippen LogP contribution in [-0.2, 0) is 11.3 Å². The van der Waals surface area contributed by atoms with Gasteiger partial charge in [0.05, 0.1) is 40.4 Å². The zero-order chi connectivity index (χ0) is 26.7. The molecule has 0 fully saturated rings. The molecule has 0 aliphatic carbocycles. The first-order valence-electron chi connectivity index (χ1n) is 11.9. The van der Waals surface area contributed by atoms with Crippen LogP contribution in [0.3, 0.4) is 0 Å². The van der Waals surface area contributed by atoms with E-state index in [1.165, 1.54) is 14.2 Å². The predicted molar refractivity (Wildman–Crippen MR) is 140 cm³/mol. The average molecular weight is 505 g/mol. The molecular weight excluding hydrogens is 472 g/mol. The Morgan fingerprint density at radius 3 is 2.05 bits per heavy atom. The SMILES string of the molecule is COc1ccc(C2C(C(=O)N(C)Cc3ccccc3)c3cc(OC)c(OC)cc3C(=O)N2C)cc1OC. The molecule has 0 saturated carbocycles. The quantitative estimate of drug-likeness (QED) is 0.456. The number of hydrogen-bond acceptors (Lipinski definition) is 6. The molecule has 0 bridgehead atoms. The lowest BCUT2D eigenvalue weighted by molar-refractivity contribution is -0.133. The Hall–Kier alpha value is -4.20. The van der Waals surface area contributed by atoms with Crippen molar-refractivity contribution in [2.45, 2.75) is 18.5 Å². The molecule has 3 aromatic rings. The van der Waals surface area contributed by atoms with Crippen LogP contribution in [0.5, 0.6) is 23.0 Å². The van der Waals surface area contributed by atoms with Gasteiger partial charge in [0.1, 0.15) is 0 Å². The topological polar surface area (TPSA) is 77.5 Å². The molecule has 3 aromatic carbocycles. The largest absolute Gasteiger partial charge is 0.493 e. The van der Waals surface area contributed by atoms with Crippen molar-refractivity contribution in [3.05, 3.63) is 82.9 Å². The van der Waals surface area contributed by atoms with Gasteiger partial charge in [-0.3, -0.25) is 9.59 Å². The van der Waals surface area contributed by atoms with E-state index < -0.39 is 12.0 Å². The Bertz CT molecular complexity index is 1290. The maximum absolute atomic E-state index is 14.2. The van der Waals surface area contributed by atoms with Crippen molar-refractivity contribution in [1.29, 1.82) is 0 Å². The van der Waals surface area contributed by atoms with E-state index in [-0.39, 0.29) is 11.8 Å². The Morgan fingerprint density at radius 2 is 1.43 bits per heavy atom. The van der Waals surface area contributed by atoms with Gasteiger partial charge in [-0.25, -0.2) is 0 Å². The van der Waals surface area contributed by atoms with E-state index in [1.54, 1.807) is 56.3 Å². The standard InChI is InChI=1S/C29H32N2O6/c1-30(17-18-10-8-7-9-11-18)29(33)26-20-15-24(36-5)25(37-6)16-21(20)28(32)31(2)27(26)19-12-13-22(34-3)23(14-19)35-4/h7-16,26-27H,17H2,1-6H3. The van der Waals surface area contributed by atoms with Crippen molar-refractivity contribution in [3.63, 3.8) is 0 Å². The zero-order valence-corrected chi connectivity index (χ0v) is 22.0. The lowest BCUT2D eigenvalue weighted by Crippen LogP contribution is -2.46. The molecule has 194 valence electrons. The fourth-order valence-electron chi connectivity index (χ4n) is 4.94. The fraction of sp³-hybridized carbons (Fsp3) is 0.310. The number of nitrogens with zero attached hydrogens (tertiary/aromatic N) is 2. The Kier molecular flexibility index (Phi) is 7.57. The van der Waals surface area contributed by atoms with E-state index in [4.69, 9.17) is 18.9 Å². The smallest absolute Gasteiger partial charge is 0.254 e. The van der Waals surface area contributed by atoms with Gasteiger partial charge in [-0.15, -0.1) is 0 Å². The lowest BCUT2D eigenvalue weighted by Gasteiger charge is -2.41. The molecule has 2 atom stereocenters. The number of carbonyl (C=O) groups excluding carboxylic acids is 2. The second-order valence-electron chi connectivity index (χ2n) is 8.93. The molecule has 8 heteroatoms. The summed E-state index contributed by atoms with van der Waals surface area (Å²) >= 11 is 0. The fourth-order valence-corrected chi connectivity index (χ4v) is 4.94. The van der Waals surface area contributed by atoms with E-state index >= 15 is 0 Å². The van der Waals surface area contributed by atoms with Crippen LogP contribution in [0.15, 0.2) is 60.7 Å². The van der Waals surface area contributed by atoms with Crippen molar-refractivity contribution >= 4 is 11.8 Å². The molecule has 1 heterocycles. The van der Waals surface area contributed by atoms with Gasteiger partial charge in [-0.2, -0.15) is 0 Å². The third-order valence-corrected chi connectivity index (χ3v) is 6.83. The van der Waals surface area contributed by atoms with Crippen LogP contribution in [0.4, 0.5) is 0 Å². The average Bonchev–Trinajstić information content (AvgIpc) is 2.93. The second-order valence-corrected chi connectivity index (χ2v) is 8.93. The van der Waals surface area contributed by atoms with Gasteiger partial charge in [0, 0.05) is 26.2 Å². The highest BCUT2D eigenvalue weighted by Crippen LogP contribution is 2.47. The number of methoxy groups -OCH3 is 4. The normalized spacial score (nSPS) is 16.6. The van der Waals surface area contributed by atoms with Gasteiger partial charge >= 0.3 is 0 Å². The highest BCUT2D eigenvalue weighted by molar-refractivity contribution is 6.02. The maximum Gasteiger partial charge on any atom is 0.254 e. The molecule has 0 spiro atoms. The molecule has 0 saturated heterocycles. The van der Waals surface area contributed by atoms with E-state index in [2.05, 4.69) is 0 Å². The number of ether oxygens (including phenoxy) is 4. The van der Waals surface area contributed by atoms with E-state index in [9.17, 15) is 9.59 Å². The number of rotatable bonds is 8. The van der Waals surface area contributed by atoms with Gasteiger partial charge in [0.25, 0.3) is 5.91 Å². The minimum Gasteiger partial charge on any atom is -0.493 e. The molecule has 1 aliphatic heterocycles. The van der Waals surface area contributed by atoms with Gasteiger partial charge < -0.3 is 28.7 Å². The molecule has 4 rings (SSSR count). The van der Waals surface area contributed by atoms with Crippen LogP contribution < -0.4 is 18.9 Å². The van der Waals surface area contributed by atoms with Crippen LogP contribution in [0.1, 0.15) is 39.0 Å². The molecule has 0 aromatic heterocycles. The Labute approximate surface area is 217 Å². The third kappa shape index (κ3) is 4.79. The van der Waals surface area contributed by atoms with Crippen LogP contribution in [0, 0.1) is 0 Å². The zero-order valence-electron chi connectivity index (χ0n) is 22.0. The predicted octanol–water partition coefficient (Wildman–Crippen LogP) is 4.29. The molecule has 37 heavy (non-hydrogen) atoms. The molecule has 2 amide bonds. The number of carbonyl (C=O) groups is 2. The third-order valence-electron chi connectivity index (χ3n) is 6.83. The first kappa shape index (κ1) is 25.9. The van der Waals surface area contributed by atoms with Crippen molar-refractivity contribution in [2.75, 3.05) is 42.5 Å². The highest BCUT2D eigenvalue weighted by Gasteiger charge is 2.44. The number of benzene rings is 3. The maximum atomic E-state index is 14.2. The van der Waals surface area contributed by atoms with Gasteiger partial charge in [0.2, 0.25) is 5.91 Å². The monoisotopic (exact) mass is 504 g/mol. The summed E-state index contributed by atoms with van der Waals surface area (Å²) in [6.45, 7) is 0.426. The molecular formula is C29H32N2O6. The van der Waals surface area contributed by atoms with Crippen LogP contribution in [0.2, 0.25) is 0 Å². The molecule has 0 radical (unpaired) electrons. The van der Waals surface area contributed by atoms with Gasteiger partial charge in [-0.05, 0) is 41.0 Å². The van der Waals surface area contributed by atoms with Crippen LogP contribution in [0.25, 0.3) is 0 Å². The first-order valence-corrected chi connectivity index (χ1v) is 11.9. The van der Waals surface area contributed by atoms with Gasteiger partial charge in [-0.1, -0.05) is 36.4 Å². The summed E-state index contributed by atoms with van der Waals surface area (Å²) in [5, 5.41) is 0. The molecule has 0 N–H and O–H groups in total. The van der Waals surface area contributed by atoms with E-state index in [0.717, 1.165) is 11.1 Å². The van der Waals surface area contributed by atoms with Crippen molar-refractivity contribution < 1.29 is 28.5 Å². The van der Waals surface area contributed by atoms with Crippen LogP contribution >= 0.6 is 0 Å². The Balaban J connectivity index is 1.88. The summed E-state index contributed by atoms with van der Waals surface area (Å²) in [6, 6.07) is 18.0. The summed E-state index contributed by atoms with van der Waals surface area (Å²) in [5.74, 6) is 0.908. The van der Waals surface area contributed by atoms with Crippen molar-refractivity contribution in [3.8, 4) is 23.0 Å². The lowest BCUT2D eigenvalue weighted by atomic mass is 9.78. The van der Waals surface area contributed by atoms with Crippen molar-refractivity contribution in [2.24, 2.45) is 0 Å². The Morgan fingerprint density at radius 1 is 0.838 bits per heavy atom. The number of likely N-dealkylation sites (N-methyl/N-ethyl adjacent to an activating group) is 2. The van der Waals surface area contributed by atoms with E-state index in [0.29, 0.717) is 40.7 Å². The molecule has 2 unspecified atom stereocenters. The summed E-state index contributed by atoms with van der Waals surface area (Å²) in [6.07, 6.45) is 0. The molecule has 8 nitrogen and oxygen atoms in total. The first-order chi connectivity index (χ1) is 17.8. The van der Waals surface area contributed by atoms with Crippen molar-refractivity contribution in [1.82, 2.24) is 9.80 Å². The molecule has 1 aliphatic rings. The minimum absolute atomic E-state index is 0.128. The minimum atomic E-state index is -0.704. The second kappa shape index (κ2) is 10.8. The highest BCUT2D eigenvalue weighted by atomic mass is 16.5. The number of amides is 2. The summed E-state index contributed by atoms with van der Waals surface area (Å²) in [5.41, 5.74) is 2.75. The summed E-state index contributed by atoms with van der Waals surface area (Å²) < 4.78 is 21.9. The van der Waals surface area contributed by atoms with Gasteiger partial charge in [0.15, 0.2) is 23.0 Å². The summed E-state index contributed by atoms with van der Waals surface area (Å²) in [7, 11) is 9.66.